The van der Waals surface area contributed by atoms with Crippen LogP contribution in [0.25, 0.3) is 0 Å². The minimum Gasteiger partial charge on any atom is -0.481 e. The quantitative estimate of drug-likeness (QED) is 0.658. The van der Waals surface area contributed by atoms with Crippen LogP contribution in [0.2, 0.25) is 0 Å². The van der Waals surface area contributed by atoms with Gasteiger partial charge in [0.15, 0.2) is 0 Å². The van der Waals surface area contributed by atoms with Gasteiger partial charge in [0.25, 0.3) is 0 Å². The van der Waals surface area contributed by atoms with Gasteiger partial charge in [-0.3, -0.25) is 9.00 Å². The summed E-state index contributed by atoms with van der Waals surface area (Å²) in [6.07, 6.45) is 3.40. The van der Waals surface area contributed by atoms with Crippen LogP contribution in [0.5, 0.6) is 0 Å². The van der Waals surface area contributed by atoms with Crippen molar-refractivity contribution in [2.75, 3.05) is 12.8 Å². The van der Waals surface area contributed by atoms with E-state index in [2.05, 4.69) is 5.32 Å². The van der Waals surface area contributed by atoms with Crippen molar-refractivity contribution in [1.82, 2.24) is 5.32 Å². The standard InChI is InChI=1S/C10H21NO3S/c1-8(4-5-10(12)13)11-7-6-9(2)15(3)14/h8-9,11H,4-7H2,1-3H3,(H,12,13). The van der Waals surface area contributed by atoms with Gasteiger partial charge in [0.2, 0.25) is 0 Å². The third-order valence-corrected chi connectivity index (χ3v) is 3.77. The SMILES string of the molecule is CC(CCC(=O)O)NCCC(C)S(C)=O. The predicted molar refractivity (Wildman–Crippen MR) is 62.5 cm³/mol. The van der Waals surface area contributed by atoms with Crippen molar-refractivity contribution < 1.29 is 14.1 Å². The van der Waals surface area contributed by atoms with E-state index in [0.717, 1.165) is 13.0 Å². The van der Waals surface area contributed by atoms with E-state index in [-0.39, 0.29) is 17.7 Å². The molecule has 3 atom stereocenters. The minimum atomic E-state index is -0.770. The lowest BCUT2D eigenvalue weighted by Gasteiger charge is -2.14. The van der Waals surface area contributed by atoms with Gasteiger partial charge in [0, 0.05) is 34.8 Å². The highest BCUT2D eigenvalue weighted by molar-refractivity contribution is 7.84. The van der Waals surface area contributed by atoms with Gasteiger partial charge in [-0.15, -0.1) is 0 Å². The first-order chi connectivity index (χ1) is 6.93. The molecule has 0 aromatic heterocycles. The molecule has 0 radical (unpaired) electrons. The molecule has 15 heavy (non-hydrogen) atoms. The molecule has 0 saturated carbocycles. The summed E-state index contributed by atoms with van der Waals surface area (Å²) in [6, 6.07) is 0.207. The molecule has 0 heterocycles. The minimum absolute atomic E-state index is 0.198. The Morgan fingerprint density at radius 3 is 2.47 bits per heavy atom. The van der Waals surface area contributed by atoms with Crippen molar-refractivity contribution in [3.8, 4) is 0 Å². The maximum Gasteiger partial charge on any atom is 0.303 e. The molecule has 0 spiro atoms. The Kier molecular flexibility index (Phi) is 7.60. The van der Waals surface area contributed by atoms with Gasteiger partial charge in [-0.2, -0.15) is 0 Å². The van der Waals surface area contributed by atoms with E-state index in [1.54, 1.807) is 6.26 Å². The van der Waals surface area contributed by atoms with Crippen LogP contribution in [0, 0.1) is 0 Å². The fraction of sp³-hybridized carbons (Fsp3) is 0.900. The molecule has 90 valence electrons. The summed E-state index contributed by atoms with van der Waals surface area (Å²) >= 11 is 0. The number of carboxylic acid groups (broad SMARTS) is 1. The zero-order valence-corrected chi connectivity index (χ0v) is 10.5. The van der Waals surface area contributed by atoms with Gasteiger partial charge in [0.05, 0.1) is 0 Å². The molecule has 0 rings (SSSR count). The van der Waals surface area contributed by atoms with E-state index in [1.165, 1.54) is 0 Å². The lowest BCUT2D eigenvalue weighted by molar-refractivity contribution is -0.137. The van der Waals surface area contributed by atoms with Gasteiger partial charge in [0.1, 0.15) is 0 Å². The predicted octanol–water partition coefficient (Wildman–Crippen LogP) is 0.986. The van der Waals surface area contributed by atoms with E-state index in [1.807, 2.05) is 13.8 Å². The third kappa shape index (κ3) is 8.57. The van der Waals surface area contributed by atoms with Crippen LogP contribution in [0.4, 0.5) is 0 Å². The number of carbonyl (C=O) groups is 1. The van der Waals surface area contributed by atoms with Gasteiger partial charge in [-0.25, -0.2) is 0 Å². The van der Waals surface area contributed by atoms with E-state index in [9.17, 15) is 9.00 Å². The number of hydrogen-bond acceptors (Lipinski definition) is 3. The zero-order valence-electron chi connectivity index (χ0n) is 9.66. The summed E-state index contributed by atoms with van der Waals surface area (Å²) in [5.74, 6) is -0.758. The van der Waals surface area contributed by atoms with E-state index in [4.69, 9.17) is 5.11 Å². The lowest BCUT2D eigenvalue weighted by atomic mass is 10.2. The average molecular weight is 235 g/mol. The lowest BCUT2D eigenvalue weighted by Crippen LogP contribution is -2.29. The summed E-state index contributed by atoms with van der Waals surface area (Å²) in [6.45, 7) is 4.72. The number of hydrogen-bond donors (Lipinski definition) is 2. The Hall–Kier alpha value is -0.420. The number of rotatable bonds is 8. The molecule has 3 unspecified atom stereocenters. The maximum absolute atomic E-state index is 11.0. The molecule has 0 aromatic carbocycles. The number of carboxylic acids is 1. The van der Waals surface area contributed by atoms with Gasteiger partial charge >= 0.3 is 5.97 Å². The van der Waals surface area contributed by atoms with Crippen molar-refractivity contribution in [3.63, 3.8) is 0 Å². The van der Waals surface area contributed by atoms with Crippen LogP contribution in [0.1, 0.15) is 33.1 Å². The molecular formula is C10H21NO3S. The Bertz CT molecular complexity index is 221. The first kappa shape index (κ1) is 14.6. The first-order valence-corrected chi connectivity index (χ1v) is 6.83. The molecule has 0 aliphatic heterocycles. The summed E-state index contributed by atoms with van der Waals surface area (Å²) in [5, 5.41) is 11.9. The van der Waals surface area contributed by atoms with Crippen LogP contribution in [0.3, 0.4) is 0 Å². The highest BCUT2D eigenvalue weighted by atomic mass is 32.2. The van der Waals surface area contributed by atoms with Crippen LogP contribution in [-0.4, -0.2) is 39.4 Å². The van der Waals surface area contributed by atoms with Crippen molar-refractivity contribution in [2.24, 2.45) is 0 Å². The Balaban J connectivity index is 3.50. The van der Waals surface area contributed by atoms with E-state index in [0.29, 0.717) is 6.42 Å². The molecule has 0 aliphatic carbocycles. The molecule has 0 bridgehead atoms. The van der Waals surface area contributed by atoms with E-state index >= 15 is 0 Å². The van der Waals surface area contributed by atoms with Crippen LogP contribution in [-0.2, 0) is 15.6 Å². The molecule has 0 amide bonds. The topological polar surface area (TPSA) is 66.4 Å². The number of nitrogens with one attached hydrogen (secondary N) is 1. The Labute approximate surface area is 93.9 Å². The summed E-state index contributed by atoms with van der Waals surface area (Å²) < 4.78 is 11.0. The fourth-order valence-electron chi connectivity index (χ4n) is 1.14. The Morgan fingerprint density at radius 1 is 1.40 bits per heavy atom. The molecule has 0 saturated heterocycles. The fourth-order valence-corrected chi connectivity index (χ4v) is 1.59. The van der Waals surface area contributed by atoms with Crippen molar-refractivity contribution in [1.29, 1.82) is 0 Å². The molecule has 0 aromatic rings. The average Bonchev–Trinajstić information content (AvgIpc) is 2.14. The van der Waals surface area contributed by atoms with Crippen LogP contribution in [0.15, 0.2) is 0 Å². The highest BCUT2D eigenvalue weighted by Gasteiger charge is 2.08. The smallest absolute Gasteiger partial charge is 0.303 e. The summed E-state index contributed by atoms with van der Waals surface area (Å²) in [7, 11) is -0.770. The first-order valence-electron chi connectivity index (χ1n) is 5.21. The molecule has 2 N–H and O–H groups in total. The van der Waals surface area contributed by atoms with Gasteiger partial charge in [-0.05, 0) is 26.3 Å². The Morgan fingerprint density at radius 2 is 2.00 bits per heavy atom. The second-order valence-electron chi connectivity index (χ2n) is 3.89. The third-order valence-electron chi connectivity index (χ3n) is 2.40. The molecule has 5 heteroatoms. The van der Waals surface area contributed by atoms with Crippen LogP contribution < -0.4 is 5.32 Å². The maximum atomic E-state index is 11.0. The monoisotopic (exact) mass is 235 g/mol. The van der Waals surface area contributed by atoms with E-state index < -0.39 is 16.8 Å². The van der Waals surface area contributed by atoms with Crippen LogP contribution >= 0.6 is 0 Å². The zero-order chi connectivity index (χ0) is 11.8. The molecular weight excluding hydrogens is 214 g/mol. The summed E-state index contributed by atoms with van der Waals surface area (Å²) in [4.78, 5) is 10.3. The molecule has 0 fully saturated rings. The molecule has 4 nitrogen and oxygen atoms in total. The van der Waals surface area contributed by atoms with Crippen molar-refractivity contribution in [2.45, 2.75) is 44.4 Å². The largest absolute Gasteiger partial charge is 0.481 e. The normalized spacial score (nSPS) is 17.0. The summed E-state index contributed by atoms with van der Waals surface area (Å²) in [5.41, 5.74) is 0. The van der Waals surface area contributed by atoms with Gasteiger partial charge in [-0.1, -0.05) is 6.92 Å². The number of aliphatic carboxylic acids is 1. The molecule has 0 aliphatic rings. The van der Waals surface area contributed by atoms with Crippen molar-refractivity contribution in [3.05, 3.63) is 0 Å². The second-order valence-corrected chi connectivity index (χ2v) is 5.69. The van der Waals surface area contributed by atoms with Crippen molar-refractivity contribution >= 4 is 16.8 Å². The van der Waals surface area contributed by atoms with Gasteiger partial charge < -0.3 is 10.4 Å². The highest BCUT2D eigenvalue weighted by Crippen LogP contribution is 2.00. The second kappa shape index (κ2) is 7.82.